The summed E-state index contributed by atoms with van der Waals surface area (Å²) in [5.74, 6) is 0.520. The van der Waals surface area contributed by atoms with E-state index in [4.69, 9.17) is 0 Å². The highest BCUT2D eigenvalue weighted by atomic mass is 79.9. The molecule has 2 atom stereocenters. The fourth-order valence-electron chi connectivity index (χ4n) is 2.78. The summed E-state index contributed by atoms with van der Waals surface area (Å²) in [4.78, 5) is 0. The van der Waals surface area contributed by atoms with Crippen molar-refractivity contribution in [2.45, 2.75) is 38.6 Å². The summed E-state index contributed by atoms with van der Waals surface area (Å²) in [5.41, 5.74) is 1.22. The summed E-state index contributed by atoms with van der Waals surface area (Å²) in [6.45, 7) is 3.19. The normalized spacial score (nSPS) is 24.2. The third-order valence-corrected chi connectivity index (χ3v) is 4.36. The van der Waals surface area contributed by atoms with Crippen LogP contribution in [0.5, 0.6) is 0 Å². The van der Waals surface area contributed by atoms with E-state index in [1.165, 1.54) is 24.8 Å². The highest BCUT2D eigenvalue weighted by Crippen LogP contribution is 2.31. The molecular weight excluding hydrogens is 281 g/mol. The average Bonchev–Trinajstić information content (AvgIpc) is 2.71. The van der Waals surface area contributed by atoms with E-state index in [9.17, 15) is 4.39 Å². The van der Waals surface area contributed by atoms with Crippen LogP contribution in [-0.2, 0) is 6.42 Å². The largest absolute Gasteiger partial charge is 0.314 e. The topological polar surface area (TPSA) is 12.0 Å². The summed E-state index contributed by atoms with van der Waals surface area (Å²) in [7, 11) is 0. The molecule has 0 spiro atoms. The second kappa shape index (κ2) is 5.96. The van der Waals surface area contributed by atoms with E-state index in [1.54, 1.807) is 12.1 Å². The second-order valence-electron chi connectivity index (χ2n) is 4.80. The van der Waals surface area contributed by atoms with E-state index >= 15 is 0 Å². The van der Waals surface area contributed by atoms with Crippen LogP contribution in [0.4, 0.5) is 4.39 Å². The molecule has 1 aliphatic carbocycles. The van der Waals surface area contributed by atoms with Gasteiger partial charge in [0.25, 0.3) is 0 Å². The van der Waals surface area contributed by atoms with Crippen LogP contribution in [0.15, 0.2) is 22.7 Å². The molecule has 1 fully saturated rings. The molecule has 0 heterocycles. The van der Waals surface area contributed by atoms with Crippen molar-refractivity contribution in [3.8, 4) is 0 Å². The Balaban J connectivity index is 2.04. The Hall–Kier alpha value is -0.410. The van der Waals surface area contributed by atoms with Crippen LogP contribution in [-0.4, -0.2) is 12.6 Å². The van der Waals surface area contributed by atoms with Crippen molar-refractivity contribution in [2.75, 3.05) is 6.54 Å². The molecule has 1 saturated carbocycles. The third kappa shape index (κ3) is 3.29. The molecule has 3 heteroatoms. The van der Waals surface area contributed by atoms with Gasteiger partial charge >= 0.3 is 0 Å². The summed E-state index contributed by atoms with van der Waals surface area (Å²) in [5, 5.41) is 3.56. The Morgan fingerprint density at radius 1 is 1.41 bits per heavy atom. The van der Waals surface area contributed by atoms with Crippen molar-refractivity contribution in [3.63, 3.8) is 0 Å². The smallest absolute Gasteiger partial charge is 0.124 e. The van der Waals surface area contributed by atoms with Crippen molar-refractivity contribution in [3.05, 3.63) is 34.1 Å². The first-order valence-electron chi connectivity index (χ1n) is 6.38. The van der Waals surface area contributed by atoms with Gasteiger partial charge < -0.3 is 5.32 Å². The molecule has 2 rings (SSSR count). The Morgan fingerprint density at radius 2 is 2.24 bits per heavy atom. The minimum absolute atomic E-state index is 0.171. The predicted octanol–water partition coefficient (Wildman–Crippen LogP) is 3.91. The lowest BCUT2D eigenvalue weighted by molar-refractivity contribution is 0.405. The second-order valence-corrected chi connectivity index (χ2v) is 5.65. The van der Waals surface area contributed by atoms with E-state index in [1.807, 2.05) is 6.07 Å². The Kier molecular flexibility index (Phi) is 4.57. The summed E-state index contributed by atoms with van der Waals surface area (Å²) in [6, 6.07) is 5.65. The lowest BCUT2D eigenvalue weighted by atomic mass is 9.94. The summed E-state index contributed by atoms with van der Waals surface area (Å²) in [6.07, 6.45) is 4.90. The van der Waals surface area contributed by atoms with E-state index in [0.717, 1.165) is 17.4 Å². The SMILES string of the molecule is CCNC1CCCC1Cc1ccc(F)cc1Br. The number of halogens is 2. The lowest BCUT2D eigenvalue weighted by Gasteiger charge is -2.20. The van der Waals surface area contributed by atoms with Crippen molar-refractivity contribution in [1.82, 2.24) is 5.32 Å². The zero-order chi connectivity index (χ0) is 12.3. The van der Waals surface area contributed by atoms with Crippen LogP contribution < -0.4 is 5.32 Å². The molecule has 0 amide bonds. The van der Waals surface area contributed by atoms with Gasteiger partial charge in [-0.2, -0.15) is 0 Å². The van der Waals surface area contributed by atoms with E-state index in [2.05, 4.69) is 28.2 Å². The van der Waals surface area contributed by atoms with Gasteiger partial charge in [-0.3, -0.25) is 0 Å². The average molecular weight is 300 g/mol. The van der Waals surface area contributed by atoms with Gasteiger partial charge in [-0.15, -0.1) is 0 Å². The molecule has 0 saturated heterocycles. The van der Waals surface area contributed by atoms with Crippen LogP contribution in [0.25, 0.3) is 0 Å². The summed E-state index contributed by atoms with van der Waals surface area (Å²) >= 11 is 3.45. The Morgan fingerprint density at radius 3 is 2.94 bits per heavy atom. The highest BCUT2D eigenvalue weighted by molar-refractivity contribution is 9.10. The Labute approximate surface area is 111 Å². The number of nitrogens with one attached hydrogen (secondary N) is 1. The number of benzene rings is 1. The zero-order valence-electron chi connectivity index (χ0n) is 10.2. The van der Waals surface area contributed by atoms with Crippen LogP contribution in [0, 0.1) is 11.7 Å². The van der Waals surface area contributed by atoms with Crippen LogP contribution >= 0.6 is 15.9 Å². The van der Waals surface area contributed by atoms with Gasteiger partial charge in [-0.25, -0.2) is 4.39 Å². The quantitative estimate of drug-likeness (QED) is 0.889. The van der Waals surface area contributed by atoms with Gasteiger partial charge in [0, 0.05) is 10.5 Å². The maximum Gasteiger partial charge on any atom is 0.124 e. The zero-order valence-corrected chi connectivity index (χ0v) is 11.8. The van der Waals surface area contributed by atoms with Crippen molar-refractivity contribution < 1.29 is 4.39 Å². The first kappa shape index (κ1) is 13.0. The van der Waals surface area contributed by atoms with Gasteiger partial charge in [0.1, 0.15) is 5.82 Å². The molecule has 1 nitrogen and oxygen atoms in total. The minimum Gasteiger partial charge on any atom is -0.314 e. The fraction of sp³-hybridized carbons (Fsp3) is 0.571. The van der Waals surface area contributed by atoms with E-state index in [-0.39, 0.29) is 5.82 Å². The molecule has 1 N–H and O–H groups in total. The van der Waals surface area contributed by atoms with Crippen LogP contribution in [0.2, 0.25) is 0 Å². The molecular formula is C14H19BrFN. The lowest BCUT2D eigenvalue weighted by Crippen LogP contribution is -2.33. The van der Waals surface area contributed by atoms with E-state index in [0.29, 0.717) is 12.0 Å². The van der Waals surface area contributed by atoms with Gasteiger partial charge in [0.05, 0.1) is 0 Å². The molecule has 2 unspecified atom stereocenters. The standard InChI is InChI=1S/C14H19BrFN/c1-2-17-14-5-3-4-11(14)8-10-6-7-12(16)9-13(10)15/h6-7,9,11,14,17H,2-5,8H2,1H3. The predicted molar refractivity (Wildman–Crippen MR) is 72.6 cm³/mol. The highest BCUT2D eigenvalue weighted by Gasteiger charge is 2.26. The van der Waals surface area contributed by atoms with Crippen molar-refractivity contribution in [2.24, 2.45) is 5.92 Å². The minimum atomic E-state index is -0.171. The Bertz CT molecular complexity index is 380. The molecule has 0 aliphatic heterocycles. The van der Waals surface area contributed by atoms with Gasteiger partial charge in [-0.05, 0) is 49.4 Å². The fourth-order valence-corrected chi connectivity index (χ4v) is 3.29. The van der Waals surface area contributed by atoms with Crippen LogP contribution in [0.3, 0.4) is 0 Å². The summed E-state index contributed by atoms with van der Waals surface area (Å²) < 4.78 is 13.9. The number of hydrogen-bond donors (Lipinski definition) is 1. The number of rotatable bonds is 4. The van der Waals surface area contributed by atoms with Crippen molar-refractivity contribution >= 4 is 15.9 Å². The molecule has 1 aliphatic rings. The third-order valence-electron chi connectivity index (χ3n) is 3.62. The maximum absolute atomic E-state index is 13.0. The number of hydrogen-bond acceptors (Lipinski definition) is 1. The molecule has 0 bridgehead atoms. The van der Waals surface area contributed by atoms with Gasteiger partial charge in [0.2, 0.25) is 0 Å². The molecule has 0 aromatic heterocycles. The first-order valence-corrected chi connectivity index (χ1v) is 7.17. The van der Waals surface area contributed by atoms with Crippen molar-refractivity contribution in [1.29, 1.82) is 0 Å². The van der Waals surface area contributed by atoms with Gasteiger partial charge in [0.15, 0.2) is 0 Å². The molecule has 0 radical (unpaired) electrons. The molecule has 1 aromatic carbocycles. The van der Waals surface area contributed by atoms with Crippen LogP contribution in [0.1, 0.15) is 31.7 Å². The monoisotopic (exact) mass is 299 g/mol. The molecule has 94 valence electrons. The molecule has 1 aromatic rings. The van der Waals surface area contributed by atoms with E-state index < -0.39 is 0 Å². The first-order chi connectivity index (χ1) is 8.20. The maximum atomic E-state index is 13.0. The van der Waals surface area contributed by atoms with Gasteiger partial charge in [-0.1, -0.05) is 35.3 Å². The molecule has 17 heavy (non-hydrogen) atoms.